The van der Waals surface area contributed by atoms with Gasteiger partial charge in [-0.2, -0.15) is 13.2 Å². The molecule has 15 heavy (non-hydrogen) atoms. The van der Waals surface area contributed by atoms with Crippen LogP contribution in [0.4, 0.5) is 13.2 Å². The van der Waals surface area contributed by atoms with Crippen LogP contribution in [0.1, 0.15) is 30.5 Å². The molecule has 1 nitrogen and oxygen atoms in total. The van der Waals surface area contributed by atoms with Crippen LogP contribution in [-0.2, 0) is 12.7 Å². The molecule has 0 aliphatic heterocycles. The molecule has 0 spiro atoms. The fourth-order valence-electron chi connectivity index (χ4n) is 1.13. The Hall–Kier alpha value is -1.03. The van der Waals surface area contributed by atoms with Crippen LogP contribution in [-0.4, -0.2) is 0 Å². The summed E-state index contributed by atoms with van der Waals surface area (Å²) in [5, 5.41) is 0. The second-order valence-electron chi connectivity index (χ2n) is 2.86. The van der Waals surface area contributed by atoms with Crippen LogP contribution in [0.5, 0.6) is 0 Å². The molecule has 0 saturated heterocycles. The molecule has 1 aromatic carbocycles. The van der Waals surface area contributed by atoms with Crippen LogP contribution in [0, 0.1) is 6.92 Å². The van der Waals surface area contributed by atoms with Crippen LogP contribution in [0.2, 0.25) is 0 Å². The van der Waals surface area contributed by atoms with E-state index < -0.39 is 11.7 Å². The average Bonchev–Trinajstić information content (AvgIpc) is 2.19. The van der Waals surface area contributed by atoms with Gasteiger partial charge in [-0.25, -0.2) is 0 Å². The Morgan fingerprint density at radius 1 is 1.20 bits per heavy atom. The highest BCUT2D eigenvalue weighted by Crippen LogP contribution is 2.32. The fourth-order valence-corrected chi connectivity index (χ4v) is 1.13. The summed E-state index contributed by atoms with van der Waals surface area (Å²) >= 11 is 0. The van der Waals surface area contributed by atoms with E-state index in [1.54, 1.807) is 13.0 Å². The van der Waals surface area contributed by atoms with Gasteiger partial charge in [-0.3, -0.25) is 0 Å². The van der Waals surface area contributed by atoms with E-state index in [1.165, 1.54) is 6.07 Å². The highest BCUT2D eigenvalue weighted by molar-refractivity contribution is 5.33. The van der Waals surface area contributed by atoms with E-state index in [0.29, 0.717) is 5.56 Å². The molecule has 0 heterocycles. The molecule has 0 aromatic heterocycles. The highest BCUT2D eigenvalue weighted by atomic mass is 19.4. The van der Waals surface area contributed by atoms with E-state index in [1.807, 2.05) is 13.8 Å². The van der Waals surface area contributed by atoms with Gasteiger partial charge in [0.25, 0.3) is 0 Å². The smallest absolute Gasteiger partial charge is 0.326 e. The van der Waals surface area contributed by atoms with Gasteiger partial charge in [0.05, 0.1) is 5.56 Å². The largest absolute Gasteiger partial charge is 0.416 e. The van der Waals surface area contributed by atoms with Gasteiger partial charge in [-0.15, -0.1) is 0 Å². The Kier molecular flexibility index (Phi) is 5.36. The van der Waals surface area contributed by atoms with Crippen molar-refractivity contribution >= 4 is 0 Å². The Balaban J connectivity index is 0.000000921. The molecule has 0 saturated carbocycles. The molecule has 2 N–H and O–H groups in total. The summed E-state index contributed by atoms with van der Waals surface area (Å²) in [6.45, 7) is 5.53. The minimum atomic E-state index is -4.30. The van der Waals surface area contributed by atoms with Gasteiger partial charge in [0.15, 0.2) is 0 Å². The zero-order valence-corrected chi connectivity index (χ0v) is 9.15. The first kappa shape index (κ1) is 14.0. The lowest BCUT2D eigenvalue weighted by Gasteiger charge is -2.11. The molecule has 0 fully saturated rings. The predicted octanol–water partition coefficient (Wildman–Crippen LogP) is 3.50. The Morgan fingerprint density at radius 2 is 1.73 bits per heavy atom. The maximum Gasteiger partial charge on any atom is 0.416 e. The Bertz CT molecular complexity index is 305. The summed E-state index contributed by atoms with van der Waals surface area (Å²) < 4.78 is 37.1. The van der Waals surface area contributed by atoms with E-state index in [2.05, 4.69) is 0 Å². The van der Waals surface area contributed by atoms with Gasteiger partial charge >= 0.3 is 6.18 Å². The van der Waals surface area contributed by atoms with Crippen LogP contribution in [0.3, 0.4) is 0 Å². The van der Waals surface area contributed by atoms with Gasteiger partial charge in [0.2, 0.25) is 0 Å². The Morgan fingerprint density at radius 3 is 2.13 bits per heavy atom. The van der Waals surface area contributed by atoms with E-state index in [-0.39, 0.29) is 12.1 Å². The lowest BCUT2D eigenvalue weighted by atomic mass is 10.0. The standard InChI is InChI=1S/C9H10F3N.C2H6/c1-6-2-3-7(5-13)8(4-6)9(10,11)12;1-2/h2-4H,5,13H2,1H3;1-2H3. The summed E-state index contributed by atoms with van der Waals surface area (Å²) in [5.74, 6) is 0. The van der Waals surface area contributed by atoms with Crippen molar-refractivity contribution in [1.82, 2.24) is 0 Å². The highest BCUT2D eigenvalue weighted by Gasteiger charge is 2.32. The molecule has 4 heteroatoms. The molecule has 1 rings (SSSR count). The molecule has 0 aliphatic rings. The predicted molar refractivity (Wildman–Crippen MR) is 55.4 cm³/mol. The van der Waals surface area contributed by atoms with Crippen LogP contribution < -0.4 is 5.73 Å². The molecule has 1 aromatic rings. The third-order valence-corrected chi connectivity index (χ3v) is 1.79. The molecule has 86 valence electrons. The van der Waals surface area contributed by atoms with Crippen molar-refractivity contribution < 1.29 is 13.2 Å². The second kappa shape index (κ2) is 5.75. The first-order valence-electron chi connectivity index (χ1n) is 4.82. The number of benzene rings is 1. The van der Waals surface area contributed by atoms with Crippen molar-refractivity contribution in [2.45, 2.75) is 33.5 Å². The number of hydrogen-bond acceptors (Lipinski definition) is 1. The van der Waals surface area contributed by atoms with Gasteiger partial charge in [-0.05, 0) is 18.6 Å². The van der Waals surface area contributed by atoms with E-state index in [0.717, 1.165) is 6.07 Å². The maximum absolute atomic E-state index is 12.4. The topological polar surface area (TPSA) is 26.0 Å². The zero-order chi connectivity index (χ0) is 12.1. The minimum Gasteiger partial charge on any atom is -0.326 e. The molecule has 0 unspecified atom stereocenters. The van der Waals surface area contributed by atoms with E-state index >= 15 is 0 Å². The van der Waals surface area contributed by atoms with E-state index in [9.17, 15) is 13.2 Å². The summed E-state index contributed by atoms with van der Waals surface area (Å²) in [5.41, 5.74) is 5.29. The molecular formula is C11H16F3N. The third-order valence-electron chi connectivity index (χ3n) is 1.79. The van der Waals surface area contributed by atoms with Crippen molar-refractivity contribution in [2.75, 3.05) is 0 Å². The van der Waals surface area contributed by atoms with Crippen LogP contribution in [0.15, 0.2) is 18.2 Å². The molecule has 0 radical (unpaired) electrons. The van der Waals surface area contributed by atoms with Gasteiger partial charge in [-0.1, -0.05) is 31.5 Å². The number of halogens is 3. The Labute approximate surface area is 88.1 Å². The monoisotopic (exact) mass is 219 g/mol. The average molecular weight is 219 g/mol. The first-order chi connectivity index (χ1) is 6.95. The lowest BCUT2D eigenvalue weighted by Crippen LogP contribution is -2.12. The SMILES string of the molecule is CC.Cc1ccc(CN)c(C(F)(F)F)c1. The number of nitrogens with two attached hydrogens (primary N) is 1. The minimum absolute atomic E-state index is 0.0882. The van der Waals surface area contributed by atoms with Crippen molar-refractivity contribution in [2.24, 2.45) is 5.73 Å². The van der Waals surface area contributed by atoms with Crippen molar-refractivity contribution in [3.63, 3.8) is 0 Å². The molecule has 0 bridgehead atoms. The quantitative estimate of drug-likeness (QED) is 0.768. The van der Waals surface area contributed by atoms with Gasteiger partial charge in [0.1, 0.15) is 0 Å². The van der Waals surface area contributed by atoms with Crippen molar-refractivity contribution in [3.05, 3.63) is 34.9 Å². The molecule has 0 atom stereocenters. The normalized spacial score (nSPS) is 10.6. The number of rotatable bonds is 1. The van der Waals surface area contributed by atoms with Crippen LogP contribution >= 0.6 is 0 Å². The summed E-state index contributed by atoms with van der Waals surface area (Å²) in [7, 11) is 0. The third kappa shape index (κ3) is 3.91. The molecular weight excluding hydrogens is 203 g/mol. The first-order valence-corrected chi connectivity index (χ1v) is 4.82. The second-order valence-corrected chi connectivity index (χ2v) is 2.86. The fraction of sp³-hybridized carbons (Fsp3) is 0.455. The van der Waals surface area contributed by atoms with Gasteiger partial charge in [0, 0.05) is 6.54 Å². The number of hydrogen-bond donors (Lipinski definition) is 1. The summed E-state index contributed by atoms with van der Waals surface area (Å²) in [4.78, 5) is 0. The van der Waals surface area contributed by atoms with Crippen LogP contribution in [0.25, 0.3) is 0 Å². The van der Waals surface area contributed by atoms with Gasteiger partial charge < -0.3 is 5.73 Å². The summed E-state index contributed by atoms with van der Waals surface area (Å²) in [6, 6.07) is 4.15. The van der Waals surface area contributed by atoms with Crippen molar-refractivity contribution in [3.8, 4) is 0 Å². The lowest BCUT2D eigenvalue weighted by molar-refractivity contribution is -0.138. The summed E-state index contributed by atoms with van der Waals surface area (Å²) in [6.07, 6.45) is -4.30. The molecule has 0 amide bonds. The maximum atomic E-state index is 12.4. The molecule has 0 aliphatic carbocycles. The van der Waals surface area contributed by atoms with Crippen molar-refractivity contribution in [1.29, 1.82) is 0 Å². The van der Waals surface area contributed by atoms with E-state index in [4.69, 9.17) is 5.73 Å². The zero-order valence-electron chi connectivity index (χ0n) is 9.15. The number of alkyl halides is 3. The number of aryl methyl sites for hydroxylation is 1.